The van der Waals surface area contributed by atoms with Crippen molar-refractivity contribution in [3.63, 3.8) is 0 Å². The van der Waals surface area contributed by atoms with Gasteiger partial charge in [-0.05, 0) is 179 Å². The third kappa shape index (κ3) is 6.02. The van der Waals surface area contributed by atoms with E-state index in [-0.39, 0.29) is 0 Å². The molecule has 0 saturated carbocycles. The van der Waals surface area contributed by atoms with E-state index < -0.39 is 13.5 Å². The van der Waals surface area contributed by atoms with E-state index in [1.54, 1.807) is 0 Å². The Kier molecular flexibility index (Phi) is 9.06. The van der Waals surface area contributed by atoms with Gasteiger partial charge >= 0.3 is 0 Å². The second kappa shape index (κ2) is 15.3. The molecule has 0 aliphatic heterocycles. The molecule has 2 aliphatic carbocycles. The van der Waals surface area contributed by atoms with Crippen molar-refractivity contribution in [2.24, 2.45) is 0 Å². The smallest absolute Gasteiger partial charge is 0.0803 e. The number of aryl methyl sites for hydroxylation is 1. The average Bonchev–Trinajstić information content (AvgIpc) is 3.82. The fraction of sp³-hybridized carbons (Fsp3) is 0.0769. The fourth-order valence-corrected chi connectivity index (χ4v) is 13.4. The summed E-state index contributed by atoms with van der Waals surface area (Å²) in [6, 6.07) is 86.6. The Balaban J connectivity index is 1.08. The van der Waals surface area contributed by atoms with Crippen molar-refractivity contribution in [3.05, 3.63) is 258 Å². The van der Waals surface area contributed by atoms with Crippen LogP contribution in [0.2, 0.25) is 19.6 Å². The molecule has 13 rings (SSSR count). The van der Waals surface area contributed by atoms with Crippen LogP contribution in [0.3, 0.4) is 0 Å². The SMILES string of the molecule is Cc1ccccc1N(c1ccccc1)c1ccc2cc3c(cc2c1)C1(c2cc4cc(N(c5ccccc5)c5ccccc5[Si](C)(C)C)ccc4cc2-3)c2ccccc2-c2c1ccc1ccccc21. The second-order valence-electron chi connectivity index (χ2n) is 19.8. The van der Waals surface area contributed by atoms with E-state index in [1.165, 1.54) is 98.9 Å². The van der Waals surface area contributed by atoms with Crippen molar-refractivity contribution in [3.8, 4) is 22.3 Å². The maximum atomic E-state index is 2.55. The van der Waals surface area contributed by atoms with Crippen LogP contribution in [0.4, 0.5) is 34.1 Å². The molecule has 324 valence electrons. The monoisotopic (exact) mass is 886 g/mol. The molecule has 2 nitrogen and oxygen atoms in total. The van der Waals surface area contributed by atoms with Crippen molar-refractivity contribution in [1.29, 1.82) is 0 Å². The summed E-state index contributed by atoms with van der Waals surface area (Å²) in [5.74, 6) is 0. The highest BCUT2D eigenvalue weighted by molar-refractivity contribution is 6.89. The van der Waals surface area contributed by atoms with E-state index in [9.17, 15) is 0 Å². The van der Waals surface area contributed by atoms with Crippen LogP contribution in [-0.2, 0) is 5.41 Å². The number of rotatable bonds is 7. The summed E-state index contributed by atoms with van der Waals surface area (Å²) in [4.78, 5) is 4.89. The van der Waals surface area contributed by atoms with Crippen LogP contribution in [-0.4, -0.2) is 8.07 Å². The molecule has 0 fully saturated rings. The molecule has 2 aliphatic rings. The molecule has 0 radical (unpaired) electrons. The van der Waals surface area contributed by atoms with Gasteiger partial charge in [0.2, 0.25) is 0 Å². The summed E-state index contributed by atoms with van der Waals surface area (Å²) in [6.45, 7) is 9.55. The summed E-state index contributed by atoms with van der Waals surface area (Å²) >= 11 is 0. The van der Waals surface area contributed by atoms with Crippen molar-refractivity contribution < 1.29 is 0 Å². The molecule has 0 aromatic heterocycles. The molecule has 11 aromatic rings. The maximum Gasteiger partial charge on any atom is 0.0803 e. The summed E-state index contributed by atoms with van der Waals surface area (Å²) in [7, 11) is -1.73. The lowest BCUT2D eigenvalue weighted by Crippen LogP contribution is -2.40. The fourth-order valence-electron chi connectivity index (χ4n) is 11.8. The molecule has 0 saturated heterocycles. The predicted molar refractivity (Wildman–Crippen MR) is 292 cm³/mol. The maximum absolute atomic E-state index is 2.55. The average molecular weight is 887 g/mol. The summed E-state index contributed by atoms with van der Waals surface area (Å²) in [5, 5.41) is 8.93. The molecular formula is C65H50N2Si. The lowest BCUT2D eigenvalue weighted by Gasteiger charge is -2.32. The van der Waals surface area contributed by atoms with Crippen LogP contribution in [0.15, 0.2) is 231 Å². The van der Waals surface area contributed by atoms with Gasteiger partial charge in [0.15, 0.2) is 0 Å². The van der Waals surface area contributed by atoms with Crippen LogP contribution >= 0.6 is 0 Å². The minimum Gasteiger partial charge on any atom is -0.311 e. The van der Waals surface area contributed by atoms with E-state index in [0.29, 0.717) is 0 Å². The number of nitrogens with zero attached hydrogens (tertiary/aromatic N) is 2. The van der Waals surface area contributed by atoms with Crippen LogP contribution in [0.25, 0.3) is 54.6 Å². The van der Waals surface area contributed by atoms with Crippen molar-refractivity contribution >= 4 is 79.7 Å². The first-order valence-electron chi connectivity index (χ1n) is 23.9. The number of benzene rings is 11. The molecule has 3 heteroatoms. The molecular weight excluding hydrogens is 837 g/mol. The third-order valence-electron chi connectivity index (χ3n) is 14.8. The zero-order valence-corrected chi connectivity index (χ0v) is 39.8. The zero-order valence-electron chi connectivity index (χ0n) is 38.8. The second-order valence-corrected chi connectivity index (χ2v) is 24.8. The van der Waals surface area contributed by atoms with Gasteiger partial charge in [0.05, 0.1) is 13.5 Å². The third-order valence-corrected chi connectivity index (χ3v) is 16.8. The number of fused-ring (bicyclic) bond motifs is 14. The van der Waals surface area contributed by atoms with Gasteiger partial charge < -0.3 is 9.80 Å². The quantitative estimate of drug-likeness (QED) is 0.147. The Morgan fingerprint density at radius 3 is 1.49 bits per heavy atom. The Labute approximate surface area is 400 Å². The van der Waals surface area contributed by atoms with Gasteiger partial charge in [0.1, 0.15) is 0 Å². The minimum absolute atomic E-state index is 0.548. The lowest BCUT2D eigenvalue weighted by molar-refractivity contribution is 0.797. The molecule has 1 unspecified atom stereocenters. The summed E-state index contributed by atoms with van der Waals surface area (Å²) in [5.41, 5.74) is 18.3. The molecule has 1 atom stereocenters. The highest BCUT2D eigenvalue weighted by Crippen LogP contribution is 2.65. The van der Waals surface area contributed by atoms with Crippen molar-refractivity contribution in [2.75, 3.05) is 9.80 Å². The molecule has 68 heavy (non-hydrogen) atoms. The first-order valence-corrected chi connectivity index (χ1v) is 27.4. The lowest BCUT2D eigenvalue weighted by atomic mass is 9.70. The Hall–Kier alpha value is -7.98. The van der Waals surface area contributed by atoms with Gasteiger partial charge in [0, 0.05) is 34.1 Å². The largest absolute Gasteiger partial charge is 0.311 e. The first kappa shape index (κ1) is 40.3. The molecule has 0 N–H and O–H groups in total. The zero-order chi connectivity index (χ0) is 45.7. The van der Waals surface area contributed by atoms with Gasteiger partial charge in [-0.25, -0.2) is 0 Å². The molecule has 0 bridgehead atoms. The minimum atomic E-state index is -1.73. The number of hydrogen-bond donors (Lipinski definition) is 0. The van der Waals surface area contributed by atoms with E-state index in [2.05, 4.69) is 267 Å². The number of para-hydroxylation sites is 4. The first-order chi connectivity index (χ1) is 33.3. The van der Waals surface area contributed by atoms with E-state index in [1.807, 2.05) is 0 Å². The highest BCUT2D eigenvalue weighted by atomic mass is 28.3. The van der Waals surface area contributed by atoms with Gasteiger partial charge in [-0.2, -0.15) is 0 Å². The van der Waals surface area contributed by atoms with E-state index in [0.717, 1.165) is 22.7 Å². The highest BCUT2D eigenvalue weighted by Gasteiger charge is 2.52. The van der Waals surface area contributed by atoms with Crippen molar-refractivity contribution in [2.45, 2.75) is 32.0 Å². The Morgan fingerprint density at radius 2 is 0.853 bits per heavy atom. The Morgan fingerprint density at radius 1 is 0.338 bits per heavy atom. The van der Waals surface area contributed by atoms with E-state index >= 15 is 0 Å². The van der Waals surface area contributed by atoms with Gasteiger partial charge in [-0.3, -0.25) is 0 Å². The van der Waals surface area contributed by atoms with Gasteiger partial charge in [-0.1, -0.05) is 165 Å². The number of hydrogen-bond acceptors (Lipinski definition) is 2. The number of anilines is 6. The topological polar surface area (TPSA) is 6.48 Å². The van der Waals surface area contributed by atoms with Gasteiger partial charge in [-0.15, -0.1) is 0 Å². The Bertz CT molecular complexity index is 3810. The molecule has 1 spiro atoms. The summed E-state index contributed by atoms with van der Waals surface area (Å²) in [6.07, 6.45) is 0. The van der Waals surface area contributed by atoms with Crippen LogP contribution in [0, 0.1) is 6.92 Å². The van der Waals surface area contributed by atoms with Crippen LogP contribution < -0.4 is 15.0 Å². The summed E-state index contributed by atoms with van der Waals surface area (Å²) < 4.78 is 0. The van der Waals surface area contributed by atoms with Crippen LogP contribution in [0.1, 0.15) is 27.8 Å². The molecule has 0 heterocycles. The van der Waals surface area contributed by atoms with Crippen LogP contribution in [0.5, 0.6) is 0 Å². The predicted octanol–water partition coefficient (Wildman–Crippen LogP) is 17.3. The molecule has 11 aromatic carbocycles. The van der Waals surface area contributed by atoms with E-state index in [4.69, 9.17) is 0 Å². The normalized spacial score (nSPS) is 14.5. The van der Waals surface area contributed by atoms with Crippen molar-refractivity contribution in [1.82, 2.24) is 0 Å². The van der Waals surface area contributed by atoms with Gasteiger partial charge in [0.25, 0.3) is 0 Å². The molecule has 0 amide bonds. The standard InChI is InChI=1S/C65H50N2Si/c1-43-19-11-16-28-61(43)66(49-21-7-5-8-22-49)51-34-31-45-39-55-56-40-46-32-35-52(67(50-23-9-6-10-24-50)62-29-17-18-30-63(62)68(2,3)4)38-48(46)42-60(56)65(59(55)41-47(45)37-51)57-27-15-14-26-54(57)64-53-25-13-12-20-44(53)33-36-58(64)65/h5-42H,1-4H3.